The SMILES string of the molecule is N#Cc1ccc(-c2cc(-c3cc(-c4nc(-c5ccccc5)nc(-c5ccccc5)n4)ccc3-n3c4ccc(-c5cc(C#N)cc(C#N)c5)cc4c4cc(-c5cc(C#N)cc(C#N)c5)ccc43)ccc2-n2c3ccc(-c4cc(C#N)cc(C#N)c4)cc3c3cc(-c4cc(C#N)cc(C#N)c4)ccc32)cc1. The molecule has 0 fully saturated rings. The summed E-state index contributed by atoms with van der Waals surface area (Å²) in [5, 5.41) is 94.7. The molecule has 0 saturated carbocycles. The molecule has 16 aromatic rings. The Morgan fingerprint density at radius 2 is 0.452 bits per heavy atom. The molecule has 14 heteroatoms. The van der Waals surface area contributed by atoms with Gasteiger partial charge in [0.2, 0.25) is 0 Å². The van der Waals surface area contributed by atoms with Crippen LogP contribution < -0.4 is 0 Å². The molecule has 3 heterocycles. The first kappa shape index (κ1) is 62.7. The third kappa shape index (κ3) is 11.3. The summed E-state index contributed by atoms with van der Waals surface area (Å²) in [7, 11) is 0. The van der Waals surface area contributed by atoms with Crippen LogP contribution in [0.2, 0.25) is 0 Å². The standard InChI is InChI=1S/C90H44N14/c91-45-54-11-13-63(14-12-54)76-43-70(19-25-82(76)103-84-21-15-66(72-31-55(46-92)27-56(32-72)47-93)39-78(84)79-40-67(16-22-85(79)103)73-33-57(48-94)28-58(34-73)49-95)77-44-71(90-101-88(64-7-3-1-4-8-64)100-89(102-90)65-9-5-2-6-10-65)20-26-83(77)104-86-23-17-68(74-35-59(50-96)29-60(36-74)51-97)41-80(86)81-42-69(18-24-87(81)104)75-37-61(52-98)30-62(38-75)53-99/h1-44H. The van der Waals surface area contributed by atoms with Gasteiger partial charge in [-0.25, -0.2) is 15.0 Å². The van der Waals surface area contributed by atoms with Crippen LogP contribution in [0, 0.1) is 102 Å². The fourth-order valence-corrected chi connectivity index (χ4v) is 13.9. The molecule has 104 heavy (non-hydrogen) atoms. The fourth-order valence-electron chi connectivity index (χ4n) is 13.9. The van der Waals surface area contributed by atoms with Crippen LogP contribution in [0.5, 0.6) is 0 Å². The van der Waals surface area contributed by atoms with E-state index in [1.165, 1.54) is 0 Å². The van der Waals surface area contributed by atoms with Crippen LogP contribution in [-0.2, 0) is 0 Å². The lowest BCUT2D eigenvalue weighted by Gasteiger charge is -2.19. The molecule has 0 aliphatic heterocycles. The Kier molecular flexibility index (Phi) is 15.7. The highest BCUT2D eigenvalue weighted by atomic mass is 15.0. The maximum Gasteiger partial charge on any atom is 0.164 e. The number of aromatic nitrogens is 5. The Hall–Kier alpha value is -16.1. The van der Waals surface area contributed by atoms with Gasteiger partial charge < -0.3 is 9.13 Å². The largest absolute Gasteiger partial charge is 0.309 e. The summed E-state index contributed by atoms with van der Waals surface area (Å²) < 4.78 is 4.41. The van der Waals surface area contributed by atoms with E-state index >= 15 is 0 Å². The molecule has 0 unspecified atom stereocenters. The summed E-state index contributed by atoms with van der Waals surface area (Å²) in [4.78, 5) is 15.5. The lowest BCUT2D eigenvalue weighted by molar-refractivity contribution is 1.07. The highest BCUT2D eigenvalue weighted by Gasteiger charge is 2.25. The first-order valence-electron chi connectivity index (χ1n) is 32.7. The summed E-state index contributed by atoms with van der Waals surface area (Å²) >= 11 is 0. The highest BCUT2D eigenvalue weighted by molar-refractivity contribution is 6.14. The van der Waals surface area contributed by atoms with Gasteiger partial charge in [0.05, 0.1) is 138 Å². The molecule has 0 N–H and O–H groups in total. The first-order chi connectivity index (χ1) is 51.0. The highest BCUT2D eigenvalue weighted by Crippen LogP contribution is 2.46. The third-order valence-electron chi connectivity index (χ3n) is 18.7. The van der Waals surface area contributed by atoms with Crippen molar-refractivity contribution in [2.75, 3.05) is 0 Å². The van der Waals surface area contributed by atoms with Gasteiger partial charge in [-0.05, 0) is 219 Å². The molecule has 0 aliphatic carbocycles. The zero-order valence-electron chi connectivity index (χ0n) is 54.7. The molecule has 14 nitrogen and oxygen atoms in total. The molecule has 0 bridgehead atoms. The fraction of sp³-hybridized carbons (Fsp3) is 0. The Balaban J connectivity index is 0.986. The molecule has 16 rings (SSSR count). The Bertz CT molecular complexity index is 6320. The second-order valence-corrected chi connectivity index (χ2v) is 24.9. The molecule has 0 radical (unpaired) electrons. The van der Waals surface area contributed by atoms with Gasteiger partial charge in [0, 0.05) is 49.4 Å². The van der Waals surface area contributed by atoms with E-state index in [-0.39, 0.29) is 0 Å². The summed E-state index contributed by atoms with van der Waals surface area (Å²) in [6.45, 7) is 0. The van der Waals surface area contributed by atoms with Crippen LogP contribution >= 0.6 is 0 Å². The minimum Gasteiger partial charge on any atom is -0.309 e. The number of hydrogen-bond acceptors (Lipinski definition) is 12. The molecular weight excluding hydrogens is 1280 g/mol. The van der Waals surface area contributed by atoms with Gasteiger partial charge in [-0.2, -0.15) is 47.4 Å². The van der Waals surface area contributed by atoms with E-state index in [4.69, 9.17) is 15.0 Å². The van der Waals surface area contributed by atoms with Gasteiger partial charge in [0.1, 0.15) is 0 Å². The summed E-state index contributed by atoms with van der Waals surface area (Å²) in [5.74, 6) is 1.36. The molecule has 0 spiro atoms. The molecule has 13 aromatic carbocycles. The number of rotatable bonds is 11. The van der Waals surface area contributed by atoms with E-state index in [1.807, 2.05) is 127 Å². The molecular formula is C90H44N14. The van der Waals surface area contributed by atoms with Gasteiger partial charge in [0.25, 0.3) is 0 Å². The van der Waals surface area contributed by atoms with Crippen molar-refractivity contribution in [3.05, 3.63) is 317 Å². The van der Waals surface area contributed by atoms with Crippen LogP contribution in [-0.4, -0.2) is 24.1 Å². The average Bonchev–Trinajstić information content (AvgIpc) is 1.57. The van der Waals surface area contributed by atoms with E-state index in [0.717, 1.165) is 111 Å². The van der Waals surface area contributed by atoms with Gasteiger partial charge in [-0.15, -0.1) is 0 Å². The molecule has 0 saturated heterocycles. The van der Waals surface area contributed by atoms with E-state index in [1.54, 1.807) is 84.9 Å². The first-order valence-corrected chi connectivity index (χ1v) is 32.7. The predicted molar refractivity (Wildman–Crippen MR) is 400 cm³/mol. The Labute approximate surface area is 595 Å². The average molecular weight is 1320 g/mol. The van der Waals surface area contributed by atoms with Crippen molar-refractivity contribution in [3.63, 3.8) is 0 Å². The maximum atomic E-state index is 10.3. The van der Waals surface area contributed by atoms with Crippen molar-refractivity contribution in [1.82, 2.24) is 24.1 Å². The molecule has 0 aliphatic rings. The number of nitriles is 9. The summed E-state index contributed by atoms with van der Waals surface area (Å²) in [6.07, 6.45) is 0. The molecule has 3 aromatic heterocycles. The van der Waals surface area contributed by atoms with Crippen molar-refractivity contribution in [2.45, 2.75) is 0 Å². The van der Waals surface area contributed by atoms with Crippen molar-refractivity contribution >= 4 is 43.6 Å². The van der Waals surface area contributed by atoms with E-state index in [9.17, 15) is 47.4 Å². The van der Waals surface area contributed by atoms with Crippen molar-refractivity contribution in [3.8, 4) is 167 Å². The van der Waals surface area contributed by atoms with Gasteiger partial charge in [0.15, 0.2) is 17.5 Å². The Morgan fingerprint density at radius 3 is 0.760 bits per heavy atom. The lowest BCUT2D eigenvalue weighted by Crippen LogP contribution is -2.02. The zero-order valence-corrected chi connectivity index (χ0v) is 54.7. The lowest BCUT2D eigenvalue weighted by atomic mass is 9.94. The van der Waals surface area contributed by atoms with Crippen LogP contribution in [0.3, 0.4) is 0 Å². The van der Waals surface area contributed by atoms with Crippen molar-refractivity contribution in [2.24, 2.45) is 0 Å². The minimum atomic E-state index is 0.335. The zero-order chi connectivity index (χ0) is 71.1. The van der Waals surface area contributed by atoms with Crippen LogP contribution in [0.4, 0.5) is 0 Å². The Morgan fingerprint density at radius 1 is 0.192 bits per heavy atom. The number of benzene rings is 13. The van der Waals surface area contributed by atoms with Gasteiger partial charge in [-0.3, -0.25) is 0 Å². The van der Waals surface area contributed by atoms with E-state index in [2.05, 4.69) is 118 Å². The monoisotopic (exact) mass is 1320 g/mol. The van der Waals surface area contributed by atoms with E-state index < -0.39 is 0 Å². The second-order valence-electron chi connectivity index (χ2n) is 24.9. The molecule has 0 amide bonds. The number of fused-ring (bicyclic) bond motifs is 6. The van der Waals surface area contributed by atoms with Crippen LogP contribution in [0.25, 0.3) is 156 Å². The van der Waals surface area contributed by atoms with E-state index in [0.29, 0.717) is 95.4 Å². The summed E-state index contributed by atoms with van der Waals surface area (Å²) in [6, 6.07) is 104. The molecule has 474 valence electrons. The predicted octanol–water partition coefficient (Wildman–Crippen LogP) is 19.9. The third-order valence-corrected chi connectivity index (χ3v) is 18.7. The summed E-state index contributed by atoms with van der Waals surface area (Å²) in [5.41, 5.74) is 18.9. The minimum absolute atomic E-state index is 0.335. The smallest absolute Gasteiger partial charge is 0.164 e. The van der Waals surface area contributed by atoms with Gasteiger partial charge >= 0.3 is 0 Å². The van der Waals surface area contributed by atoms with Crippen LogP contribution in [0.15, 0.2) is 267 Å². The van der Waals surface area contributed by atoms with Crippen molar-refractivity contribution in [1.29, 1.82) is 47.4 Å². The van der Waals surface area contributed by atoms with Crippen molar-refractivity contribution < 1.29 is 0 Å². The topological polar surface area (TPSA) is 263 Å². The normalized spacial score (nSPS) is 10.8. The van der Waals surface area contributed by atoms with Crippen LogP contribution in [0.1, 0.15) is 50.1 Å². The number of hydrogen-bond donors (Lipinski definition) is 0. The number of nitrogens with zero attached hydrogens (tertiary/aromatic N) is 14. The maximum absolute atomic E-state index is 10.3. The molecule has 0 atom stereocenters. The quantitative estimate of drug-likeness (QED) is 0.117. The second kappa shape index (κ2) is 26.0. The van der Waals surface area contributed by atoms with Gasteiger partial charge in [-0.1, -0.05) is 103 Å².